The van der Waals surface area contributed by atoms with Crippen molar-refractivity contribution in [3.63, 3.8) is 0 Å². The Hall–Kier alpha value is -2.52. The third-order valence-electron chi connectivity index (χ3n) is 4.08. The summed E-state index contributed by atoms with van der Waals surface area (Å²) >= 11 is 1.80. The summed E-state index contributed by atoms with van der Waals surface area (Å²) in [5, 5.41) is 13.3. The van der Waals surface area contributed by atoms with Crippen LogP contribution < -0.4 is 0 Å². The summed E-state index contributed by atoms with van der Waals surface area (Å²) in [6, 6.07) is 28.8. The Balaban J connectivity index is 1.87. The number of nitrogens with zero attached hydrogens (tertiary/aromatic N) is 1. The fourth-order valence-corrected chi connectivity index (χ4v) is 3.86. The van der Waals surface area contributed by atoms with Gasteiger partial charge in [0.15, 0.2) is 0 Å². The van der Waals surface area contributed by atoms with Crippen LogP contribution in [0.15, 0.2) is 95.0 Å². The van der Waals surface area contributed by atoms with E-state index in [9.17, 15) is 5.21 Å². The molecule has 1 unspecified atom stereocenters. The predicted octanol–water partition coefficient (Wildman–Crippen LogP) is 6.10. The Morgan fingerprint density at radius 3 is 2.08 bits per heavy atom. The summed E-state index contributed by atoms with van der Waals surface area (Å²) in [6.07, 6.45) is 0.656. The first-order valence-corrected chi connectivity index (χ1v) is 9.19. The molecule has 0 spiro atoms. The number of hydrogen-bond donors (Lipinski definition) is 1. The third kappa shape index (κ3) is 4.74. The Kier molecular flexibility index (Phi) is 5.91. The normalized spacial score (nSPS) is 12.8. The van der Waals surface area contributed by atoms with Crippen LogP contribution in [0.25, 0.3) is 0 Å². The van der Waals surface area contributed by atoms with E-state index in [2.05, 4.69) is 60.6 Å². The molecule has 0 aliphatic heterocycles. The number of oxime groups is 1. The van der Waals surface area contributed by atoms with Gasteiger partial charge in [0.25, 0.3) is 0 Å². The van der Waals surface area contributed by atoms with Crippen LogP contribution in [0.2, 0.25) is 0 Å². The van der Waals surface area contributed by atoms with E-state index in [0.29, 0.717) is 12.1 Å². The molecule has 0 saturated carbocycles. The standard InChI is InChI=1S/C22H21NOS/c1-17-12-14-20(15-13-17)25-22(19-10-6-3-7-11-19)16-21(23-24)18-8-4-2-5-9-18/h2-15,22,24H,16H2,1H3/b23-21+. The van der Waals surface area contributed by atoms with E-state index >= 15 is 0 Å². The molecule has 0 fully saturated rings. The van der Waals surface area contributed by atoms with Crippen LogP contribution in [0.4, 0.5) is 0 Å². The van der Waals surface area contributed by atoms with Crippen molar-refractivity contribution in [3.05, 3.63) is 102 Å². The topological polar surface area (TPSA) is 32.6 Å². The molecule has 0 aliphatic rings. The summed E-state index contributed by atoms with van der Waals surface area (Å²) in [4.78, 5) is 1.21. The van der Waals surface area contributed by atoms with Crippen LogP contribution in [0.1, 0.15) is 28.4 Å². The maximum absolute atomic E-state index is 9.56. The minimum absolute atomic E-state index is 0.176. The molecule has 3 aromatic rings. The lowest BCUT2D eigenvalue weighted by Gasteiger charge is -2.18. The molecule has 3 aromatic carbocycles. The lowest BCUT2D eigenvalue weighted by molar-refractivity contribution is 0.318. The fourth-order valence-electron chi connectivity index (χ4n) is 2.70. The van der Waals surface area contributed by atoms with Crippen LogP contribution in [0, 0.1) is 6.92 Å². The molecule has 126 valence electrons. The molecular weight excluding hydrogens is 326 g/mol. The number of aryl methyl sites for hydroxylation is 1. The maximum Gasteiger partial charge on any atom is 0.0882 e. The Labute approximate surface area is 153 Å². The highest BCUT2D eigenvalue weighted by atomic mass is 32.2. The Morgan fingerprint density at radius 2 is 1.48 bits per heavy atom. The van der Waals surface area contributed by atoms with Gasteiger partial charge < -0.3 is 5.21 Å². The van der Waals surface area contributed by atoms with Gasteiger partial charge in [-0.1, -0.05) is 83.5 Å². The molecule has 0 aliphatic carbocycles. The van der Waals surface area contributed by atoms with Crippen molar-refractivity contribution in [3.8, 4) is 0 Å². The zero-order valence-corrected chi connectivity index (χ0v) is 15.0. The molecule has 0 radical (unpaired) electrons. The van der Waals surface area contributed by atoms with E-state index in [1.165, 1.54) is 16.0 Å². The molecule has 1 N–H and O–H groups in total. The SMILES string of the molecule is Cc1ccc(SC(C/C(=N\O)c2ccccc2)c2ccccc2)cc1. The second-order valence-electron chi connectivity index (χ2n) is 5.95. The second kappa shape index (κ2) is 8.54. The van der Waals surface area contributed by atoms with Crippen molar-refractivity contribution in [1.29, 1.82) is 0 Å². The first kappa shape index (κ1) is 17.3. The average molecular weight is 347 g/mol. The number of thioether (sulfide) groups is 1. The summed E-state index contributed by atoms with van der Waals surface area (Å²) < 4.78 is 0. The first-order valence-electron chi connectivity index (χ1n) is 8.31. The van der Waals surface area contributed by atoms with Gasteiger partial charge in [-0.05, 0) is 30.2 Å². The van der Waals surface area contributed by atoms with Crippen LogP contribution in [0.5, 0.6) is 0 Å². The Bertz CT molecular complexity index is 814. The zero-order valence-electron chi connectivity index (χ0n) is 14.2. The lowest BCUT2D eigenvalue weighted by Crippen LogP contribution is -2.07. The largest absolute Gasteiger partial charge is 0.411 e. The van der Waals surface area contributed by atoms with Crippen molar-refractivity contribution in [2.75, 3.05) is 0 Å². The van der Waals surface area contributed by atoms with Gasteiger partial charge in [0, 0.05) is 16.6 Å². The zero-order chi connectivity index (χ0) is 17.5. The molecular formula is C22H21NOS. The van der Waals surface area contributed by atoms with Crippen molar-refractivity contribution < 1.29 is 5.21 Å². The molecule has 0 saturated heterocycles. The van der Waals surface area contributed by atoms with E-state index in [1.807, 2.05) is 36.4 Å². The summed E-state index contributed by atoms with van der Waals surface area (Å²) in [5.41, 5.74) is 4.14. The number of rotatable bonds is 6. The molecule has 3 heteroatoms. The van der Waals surface area contributed by atoms with Gasteiger partial charge >= 0.3 is 0 Å². The van der Waals surface area contributed by atoms with Crippen molar-refractivity contribution in [1.82, 2.24) is 0 Å². The number of benzene rings is 3. The second-order valence-corrected chi connectivity index (χ2v) is 7.22. The molecule has 0 amide bonds. The highest BCUT2D eigenvalue weighted by Gasteiger charge is 2.18. The molecule has 0 bridgehead atoms. The van der Waals surface area contributed by atoms with Gasteiger partial charge in [-0.25, -0.2) is 0 Å². The van der Waals surface area contributed by atoms with Crippen LogP contribution in [-0.4, -0.2) is 10.9 Å². The molecule has 0 aromatic heterocycles. The average Bonchev–Trinajstić information content (AvgIpc) is 2.68. The Morgan fingerprint density at radius 1 is 0.880 bits per heavy atom. The monoisotopic (exact) mass is 347 g/mol. The lowest BCUT2D eigenvalue weighted by atomic mass is 10.0. The number of hydrogen-bond acceptors (Lipinski definition) is 3. The van der Waals surface area contributed by atoms with Crippen molar-refractivity contribution in [2.24, 2.45) is 5.16 Å². The van der Waals surface area contributed by atoms with Crippen molar-refractivity contribution >= 4 is 17.5 Å². The van der Waals surface area contributed by atoms with Gasteiger partial charge in [0.2, 0.25) is 0 Å². The molecule has 0 heterocycles. The van der Waals surface area contributed by atoms with Crippen molar-refractivity contribution in [2.45, 2.75) is 23.5 Å². The van der Waals surface area contributed by atoms with E-state index in [1.54, 1.807) is 11.8 Å². The summed E-state index contributed by atoms with van der Waals surface area (Å²) in [5.74, 6) is 0. The van der Waals surface area contributed by atoms with E-state index in [0.717, 1.165) is 5.56 Å². The summed E-state index contributed by atoms with van der Waals surface area (Å²) in [6.45, 7) is 2.09. The van der Waals surface area contributed by atoms with Gasteiger partial charge in [0.1, 0.15) is 0 Å². The molecule has 25 heavy (non-hydrogen) atoms. The molecule has 2 nitrogen and oxygen atoms in total. The summed E-state index contributed by atoms with van der Waals surface area (Å²) in [7, 11) is 0. The fraction of sp³-hybridized carbons (Fsp3) is 0.136. The van der Waals surface area contributed by atoms with Crippen LogP contribution >= 0.6 is 11.8 Å². The van der Waals surface area contributed by atoms with Gasteiger partial charge in [-0.3, -0.25) is 0 Å². The smallest absolute Gasteiger partial charge is 0.0882 e. The van der Waals surface area contributed by atoms with Gasteiger partial charge in [0.05, 0.1) is 5.71 Å². The van der Waals surface area contributed by atoms with E-state index in [-0.39, 0.29) is 5.25 Å². The highest BCUT2D eigenvalue weighted by Crippen LogP contribution is 2.38. The van der Waals surface area contributed by atoms with Crippen LogP contribution in [0.3, 0.4) is 0 Å². The van der Waals surface area contributed by atoms with Gasteiger partial charge in [-0.15, -0.1) is 11.8 Å². The maximum atomic E-state index is 9.56. The molecule has 3 rings (SSSR count). The minimum Gasteiger partial charge on any atom is -0.411 e. The highest BCUT2D eigenvalue weighted by molar-refractivity contribution is 7.99. The van der Waals surface area contributed by atoms with E-state index in [4.69, 9.17) is 0 Å². The van der Waals surface area contributed by atoms with E-state index < -0.39 is 0 Å². The first-order chi connectivity index (χ1) is 12.3. The van der Waals surface area contributed by atoms with Gasteiger partial charge in [-0.2, -0.15) is 0 Å². The molecule has 1 atom stereocenters. The third-order valence-corrected chi connectivity index (χ3v) is 5.34. The predicted molar refractivity (Wildman–Crippen MR) is 106 cm³/mol. The van der Waals surface area contributed by atoms with Crippen LogP contribution in [-0.2, 0) is 0 Å². The minimum atomic E-state index is 0.176. The quantitative estimate of drug-likeness (QED) is 0.253.